The summed E-state index contributed by atoms with van der Waals surface area (Å²) in [6.45, 7) is 2.48. The van der Waals surface area contributed by atoms with Crippen LogP contribution < -0.4 is 5.32 Å². The molecule has 1 aliphatic carbocycles. The number of amides is 2. The van der Waals surface area contributed by atoms with Crippen LogP contribution >= 0.6 is 34.8 Å². The van der Waals surface area contributed by atoms with E-state index in [0.717, 1.165) is 24.8 Å². The van der Waals surface area contributed by atoms with Crippen LogP contribution in [0.1, 0.15) is 49.8 Å². The second-order valence-corrected chi connectivity index (χ2v) is 9.50. The molecule has 7 heteroatoms. The Morgan fingerprint density at radius 3 is 2.41 bits per heavy atom. The van der Waals surface area contributed by atoms with Gasteiger partial charge in [-0.2, -0.15) is 0 Å². The van der Waals surface area contributed by atoms with E-state index in [4.69, 9.17) is 34.8 Å². The van der Waals surface area contributed by atoms with Crippen molar-refractivity contribution in [3.05, 3.63) is 69.7 Å². The number of rotatable bonds is 8. The molecule has 2 amide bonds. The second kappa shape index (κ2) is 11.9. The van der Waals surface area contributed by atoms with Gasteiger partial charge >= 0.3 is 0 Å². The van der Waals surface area contributed by atoms with Crippen LogP contribution in [0.5, 0.6) is 0 Å². The van der Waals surface area contributed by atoms with E-state index in [2.05, 4.69) is 12.2 Å². The van der Waals surface area contributed by atoms with Gasteiger partial charge in [0.2, 0.25) is 11.8 Å². The van der Waals surface area contributed by atoms with Crippen LogP contribution in [0.25, 0.3) is 0 Å². The first-order valence-corrected chi connectivity index (χ1v) is 12.3. The summed E-state index contributed by atoms with van der Waals surface area (Å²) in [5.74, 6) is -0.298. The molecule has 0 aromatic heterocycles. The minimum Gasteiger partial charge on any atom is -0.351 e. The lowest BCUT2D eigenvalue weighted by Crippen LogP contribution is -2.49. The summed E-state index contributed by atoms with van der Waals surface area (Å²) in [7, 11) is 0. The molecule has 0 aliphatic heterocycles. The molecule has 4 nitrogen and oxygen atoms in total. The third kappa shape index (κ3) is 6.40. The van der Waals surface area contributed by atoms with Crippen molar-refractivity contribution in [2.75, 3.05) is 12.4 Å². The quantitative estimate of drug-likeness (QED) is 0.454. The number of halogens is 3. The average molecular weight is 496 g/mol. The molecule has 0 saturated heterocycles. The molecule has 3 rings (SSSR count). The Balaban J connectivity index is 1.89. The molecule has 1 fully saturated rings. The van der Waals surface area contributed by atoms with Gasteiger partial charge in [0.05, 0.1) is 0 Å². The topological polar surface area (TPSA) is 49.4 Å². The number of alkyl halides is 1. The van der Waals surface area contributed by atoms with E-state index in [9.17, 15) is 9.59 Å². The minimum atomic E-state index is -0.796. The van der Waals surface area contributed by atoms with Gasteiger partial charge in [-0.25, -0.2) is 0 Å². The molecule has 2 aromatic rings. The summed E-state index contributed by atoms with van der Waals surface area (Å²) in [6.07, 6.45) is 4.83. The molecule has 0 radical (unpaired) electrons. The van der Waals surface area contributed by atoms with E-state index in [0.29, 0.717) is 34.5 Å². The molecular weight excluding hydrogens is 467 g/mol. The summed E-state index contributed by atoms with van der Waals surface area (Å²) in [5, 5.41) is 4.42. The number of nitrogens with one attached hydrogen (secondary N) is 1. The van der Waals surface area contributed by atoms with Crippen LogP contribution in [0.4, 0.5) is 0 Å². The van der Waals surface area contributed by atoms with Crippen molar-refractivity contribution in [3.63, 3.8) is 0 Å². The first-order valence-electron chi connectivity index (χ1n) is 11.1. The second-order valence-electron chi connectivity index (χ2n) is 8.39. The van der Waals surface area contributed by atoms with Crippen molar-refractivity contribution in [1.29, 1.82) is 0 Å². The van der Waals surface area contributed by atoms with Crippen LogP contribution in [-0.4, -0.2) is 35.2 Å². The third-order valence-electron chi connectivity index (χ3n) is 6.20. The first-order chi connectivity index (χ1) is 15.4. The zero-order valence-electron chi connectivity index (χ0n) is 18.2. The standard InChI is InChI=1S/C25H29Cl3N2O2/c1-17-6-2-5-9-22(17)29-25(32)24(19-10-12-20(27)13-11-19)30(23(31)16-26)15-14-18-7-3-4-8-21(18)28/h3-4,7-8,10-13,17,22,24H,2,5-6,9,14-16H2,1H3,(H,29,32). The Labute approximate surface area is 205 Å². The summed E-state index contributed by atoms with van der Waals surface area (Å²) < 4.78 is 0. The number of carbonyl (C=O) groups is 2. The van der Waals surface area contributed by atoms with Gasteiger partial charge in [0.15, 0.2) is 0 Å². The zero-order valence-corrected chi connectivity index (χ0v) is 20.5. The molecule has 2 aromatic carbocycles. The van der Waals surface area contributed by atoms with E-state index in [1.165, 1.54) is 6.42 Å². The fraction of sp³-hybridized carbons (Fsp3) is 0.440. The van der Waals surface area contributed by atoms with Gasteiger partial charge in [0, 0.05) is 22.6 Å². The fourth-order valence-electron chi connectivity index (χ4n) is 4.33. The SMILES string of the molecule is CC1CCCCC1NC(=O)C(c1ccc(Cl)cc1)N(CCc1ccccc1Cl)C(=O)CCl. The van der Waals surface area contributed by atoms with Crippen LogP contribution in [0, 0.1) is 5.92 Å². The summed E-state index contributed by atoms with van der Waals surface area (Å²) in [4.78, 5) is 28.0. The van der Waals surface area contributed by atoms with Gasteiger partial charge < -0.3 is 10.2 Å². The molecule has 1 N–H and O–H groups in total. The molecule has 32 heavy (non-hydrogen) atoms. The normalized spacial score (nSPS) is 19.2. The van der Waals surface area contributed by atoms with Gasteiger partial charge in [-0.15, -0.1) is 11.6 Å². The highest BCUT2D eigenvalue weighted by molar-refractivity contribution is 6.31. The monoisotopic (exact) mass is 494 g/mol. The third-order valence-corrected chi connectivity index (χ3v) is 7.05. The lowest BCUT2D eigenvalue weighted by atomic mass is 9.85. The van der Waals surface area contributed by atoms with E-state index in [1.807, 2.05) is 24.3 Å². The first kappa shape index (κ1) is 24.9. The Morgan fingerprint density at radius 2 is 1.75 bits per heavy atom. The van der Waals surface area contributed by atoms with Crippen molar-refractivity contribution >= 4 is 46.6 Å². The minimum absolute atomic E-state index is 0.0996. The average Bonchev–Trinajstić information content (AvgIpc) is 2.79. The molecule has 1 saturated carbocycles. The molecule has 0 bridgehead atoms. The Hall–Kier alpha value is -1.75. The summed E-state index contributed by atoms with van der Waals surface area (Å²) >= 11 is 18.4. The van der Waals surface area contributed by atoms with Crippen molar-refractivity contribution in [3.8, 4) is 0 Å². The summed E-state index contributed by atoms with van der Waals surface area (Å²) in [6, 6.07) is 13.9. The largest absolute Gasteiger partial charge is 0.351 e. The van der Waals surface area contributed by atoms with Gasteiger partial charge in [-0.05, 0) is 54.5 Å². The van der Waals surface area contributed by atoms with Crippen molar-refractivity contribution in [1.82, 2.24) is 10.2 Å². The molecule has 1 aliphatic rings. The maximum Gasteiger partial charge on any atom is 0.247 e. The fourth-order valence-corrected chi connectivity index (χ4v) is 4.84. The van der Waals surface area contributed by atoms with E-state index in [1.54, 1.807) is 29.2 Å². The summed E-state index contributed by atoms with van der Waals surface area (Å²) in [5.41, 5.74) is 1.62. The number of nitrogens with zero attached hydrogens (tertiary/aromatic N) is 1. The van der Waals surface area contributed by atoms with Crippen molar-refractivity contribution < 1.29 is 9.59 Å². The maximum atomic E-state index is 13.6. The maximum absolute atomic E-state index is 13.6. The molecule has 0 heterocycles. The lowest BCUT2D eigenvalue weighted by Gasteiger charge is -2.35. The predicted octanol–water partition coefficient (Wildman–Crippen LogP) is 6.04. The molecular formula is C25H29Cl3N2O2. The van der Waals surface area contributed by atoms with Gasteiger partial charge in [-0.3, -0.25) is 9.59 Å². The molecule has 3 unspecified atom stereocenters. The van der Waals surface area contributed by atoms with E-state index >= 15 is 0 Å². The Morgan fingerprint density at radius 1 is 1.06 bits per heavy atom. The van der Waals surface area contributed by atoms with Crippen LogP contribution in [0.3, 0.4) is 0 Å². The predicted molar refractivity (Wildman–Crippen MR) is 131 cm³/mol. The smallest absolute Gasteiger partial charge is 0.247 e. The van der Waals surface area contributed by atoms with E-state index < -0.39 is 6.04 Å². The highest BCUT2D eigenvalue weighted by atomic mass is 35.5. The number of benzene rings is 2. The lowest BCUT2D eigenvalue weighted by molar-refractivity contribution is -0.139. The van der Waals surface area contributed by atoms with Gasteiger partial charge in [0.25, 0.3) is 0 Å². The Bertz CT molecular complexity index is 920. The molecule has 0 spiro atoms. The van der Waals surface area contributed by atoms with Crippen LogP contribution in [-0.2, 0) is 16.0 Å². The van der Waals surface area contributed by atoms with Crippen LogP contribution in [0.15, 0.2) is 48.5 Å². The van der Waals surface area contributed by atoms with Gasteiger partial charge in [0.1, 0.15) is 11.9 Å². The zero-order chi connectivity index (χ0) is 23.1. The highest BCUT2D eigenvalue weighted by Gasteiger charge is 2.33. The van der Waals surface area contributed by atoms with E-state index in [-0.39, 0.29) is 23.7 Å². The number of carbonyl (C=O) groups excluding carboxylic acids is 2. The number of hydrogen-bond acceptors (Lipinski definition) is 2. The van der Waals surface area contributed by atoms with Crippen LogP contribution in [0.2, 0.25) is 10.0 Å². The Kier molecular flexibility index (Phi) is 9.27. The highest BCUT2D eigenvalue weighted by Crippen LogP contribution is 2.28. The number of hydrogen-bond donors (Lipinski definition) is 1. The van der Waals surface area contributed by atoms with Crippen molar-refractivity contribution in [2.45, 2.75) is 51.1 Å². The van der Waals surface area contributed by atoms with Gasteiger partial charge in [-0.1, -0.05) is 73.3 Å². The molecule has 172 valence electrons. The van der Waals surface area contributed by atoms with Crippen molar-refractivity contribution in [2.24, 2.45) is 5.92 Å². The molecule has 3 atom stereocenters.